The van der Waals surface area contributed by atoms with Gasteiger partial charge in [0, 0.05) is 18.9 Å². The minimum Gasteiger partial charge on any atom is -0.348 e. The molecule has 1 spiro atoms. The van der Waals surface area contributed by atoms with Crippen LogP contribution in [0.25, 0.3) is 0 Å². The van der Waals surface area contributed by atoms with Crippen molar-refractivity contribution in [3.8, 4) is 0 Å². The van der Waals surface area contributed by atoms with Crippen LogP contribution in [0.1, 0.15) is 26.2 Å². The Morgan fingerprint density at radius 2 is 2.00 bits per heavy atom. The van der Waals surface area contributed by atoms with E-state index in [9.17, 15) is 0 Å². The van der Waals surface area contributed by atoms with E-state index in [2.05, 4.69) is 6.92 Å². The number of rotatable bonds is 0. The first kappa shape index (κ1) is 8.48. The van der Waals surface area contributed by atoms with Crippen LogP contribution in [0.15, 0.2) is 0 Å². The van der Waals surface area contributed by atoms with Crippen molar-refractivity contribution in [3.63, 3.8) is 0 Å². The monoisotopic (exact) mass is 171 g/mol. The van der Waals surface area contributed by atoms with Gasteiger partial charge in [0.1, 0.15) is 0 Å². The Morgan fingerprint density at radius 3 is 2.58 bits per heavy atom. The smallest absolute Gasteiger partial charge is 0.168 e. The Kier molecular flexibility index (Phi) is 2.10. The number of ether oxygens (including phenoxy) is 2. The molecule has 0 aromatic rings. The van der Waals surface area contributed by atoms with Gasteiger partial charge in [-0.3, -0.25) is 0 Å². The van der Waals surface area contributed by atoms with Gasteiger partial charge in [-0.25, -0.2) is 0 Å². The molecular weight excluding hydrogens is 154 g/mol. The van der Waals surface area contributed by atoms with Gasteiger partial charge in [0.2, 0.25) is 0 Å². The fourth-order valence-electron chi connectivity index (χ4n) is 2.17. The average Bonchev–Trinajstić information content (AvgIpc) is 2.47. The molecule has 3 heteroatoms. The molecule has 1 aliphatic carbocycles. The van der Waals surface area contributed by atoms with Crippen molar-refractivity contribution < 1.29 is 9.47 Å². The van der Waals surface area contributed by atoms with Gasteiger partial charge < -0.3 is 15.2 Å². The highest BCUT2D eigenvalue weighted by atomic mass is 16.7. The summed E-state index contributed by atoms with van der Waals surface area (Å²) in [5, 5.41) is 0. The lowest BCUT2D eigenvalue weighted by Gasteiger charge is -2.38. The molecule has 1 heterocycles. The molecule has 0 radical (unpaired) electrons. The fraction of sp³-hybridized carbons (Fsp3) is 1.00. The van der Waals surface area contributed by atoms with Crippen LogP contribution in [0.4, 0.5) is 0 Å². The van der Waals surface area contributed by atoms with E-state index in [0.29, 0.717) is 12.0 Å². The van der Waals surface area contributed by atoms with E-state index < -0.39 is 0 Å². The van der Waals surface area contributed by atoms with Crippen LogP contribution in [0.5, 0.6) is 0 Å². The SMILES string of the molecule is C[C@@H]1CC2(CC[C@@H]1N)OCCO2. The third kappa shape index (κ3) is 1.37. The van der Waals surface area contributed by atoms with Crippen LogP contribution >= 0.6 is 0 Å². The second-order valence-electron chi connectivity index (χ2n) is 3.99. The summed E-state index contributed by atoms with van der Waals surface area (Å²) in [5.41, 5.74) is 5.92. The predicted molar refractivity (Wildman–Crippen MR) is 45.6 cm³/mol. The van der Waals surface area contributed by atoms with Crippen molar-refractivity contribution in [2.75, 3.05) is 13.2 Å². The predicted octanol–water partition coefficient (Wildman–Crippen LogP) is 0.877. The van der Waals surface area contributed by atoms with E-state index in [1.165, 1.54) is 0 Å². The van der Waals surface area contributed by atoms with E-state index in [-0.39, 0.29) is 5.79 Å². The average molecular weight is 171 g/mol. The van der Waals surface area contributed by atoms with Crippen molar-refractivity contribution in [1.29, 1.82) is 0 Å². The summed E-state index contributed by atoms with van der Waals surface area (Å²) in [6.45, 7) is 3.68. The Morgan fingerprint density at radius 1 is 1.33 bits per heavy atom. The first-order valence-electron chi connectivity index (χ1n) is 4.75. The Bertz CT molecular complexity index is 166. The molecule has 0 bridgehead atoms. The highest BCUT2D eigenvalue weighted by Crippen LogP contribution is 2.37. The second-order valence-corrected chi connectivity index (χ2v) is 3.99. The number of hydrogen-bond acceptors (Lipinski definition) is 3. The van der Waals surface area contributed by atoms with Crippen LogP contribution in [-0.4, -0.2) is 25.0 Å². The zero-order valence-corrected chi connectivity index (χ0v) is 7.58. The zero-order chi connectivity index (χ0) is 8.60. The third-order valence-electron chi connectivity index (χ3n) is 3.04. The van der Waals surface area contributed by atoms with Crippen LogP contribution in [-0.2, 0) is 9.47 Å². The van der Waals surface area contributed by atoms with Crippen LogP contribution in [0, 0.1) is 5.92 Å². The third-order valence-corrected chi connectivity index (χ3v) is 3.04. The molecule has 12 heavy (non-hydrogen) atoms. The van der Waals surface area contributed by atoms with Crippen LogP contribution < -0.4 is 5.73 Å². The minimum absolute atomic E-state index is 0.255. The lowest BCUT2D eigenvalue weighted by Crippen LogP contribution is -2.44. The maximum Gasteiger partial charge on any atom is 0.168 e. The standard InChI is InChI=1S/C9H17NO2/c1-7-6-9(3-2-8(7)10)11-4-5-12-9/h7-8H,2-6,10H2,1H3/t7-,8+/m1/s1. The van der Waals surface area contributed by atoms with Gasteiger partial charge in [0.15, 0.2) is 5.79 Å². The molecule has 1 aliphatic heterocycles. The van der Waals surface area contributed by atoms with Crippen molar-refractivity contribution in [1.82, 2.24) is 0 Å². The Hall–Kier alpha value is -0.120. The van der Waals surface area contributed by atoms with E-state index in [0.717, 1.165) is 32.5 Å². The first-order valence-corrected chi connectivity index (χ1v) is 4.75. The molecule has 2 N–H and O–H groups in total. The van der Waals surface area contributed by atoms with Crippen molar-refractivity contribution >= 4 is 0 Å². The summed E-state index contributed by atoms with van der Waals surface area (Å²) < 4.78 is 11.2. The summed E-state index contributed by atoms with van der Waals surface area (Å²) in [5.74, 6) is 0.270. The molecule has 0 aromatic heterocycles. The topological polar surface area (TPSA) is 44.5 Å². The molecule has 2 aliphatic rings. The zero-order valence-electron chi connectivity index (χ0n) is 7.58. The highest BCUT2D eigenvalue weighted by molar-refractivity contribution is 4.87. The van der Waals surface area contributed by atoms with E-state index in [1.807, 2.05) is 0 Å². The molecule has 1 saturated carbocycles. The van der Waals surface area contributed by atoms with Gasteiger partial charge in [-0.05, 0) is 12.3 Å². The quantitative estimate of drug-likeness (QED) is 0.588. The highest BCUT2D eigenvalue weighted by Gasteiger charge is 2.42. The Balaban J connectivity index is 2.01. The molecule has 0 aromatic carbocycles. The summed E-state index contributed by atoms with van der Waals surface area (Å²) in [4.78, 5) is 0. The molecular formula is C9H17NO2. The molecule has 0 unspecified atom stereocenters. The fourth-order valence-corrected chi connectivity index (χ4v) is 2.17. The van der Waals surface area contributed by atoms with Gasteiger partial charge in [-0.15, -0.1) is 0 Å². The van der Waals surface area contributed by atoms with Gasteiger partial charge >= 0.3 is 0 Å². The van der Waals surface area contributed by atoms with E-state index in [4.69, 9.17) is 15.2 Å². The van der Waals surface area contributed by atoms with Gasteiger partial charge in [-0.1, -0.05) is 6.92 Å². The van der Waals surface area contributed by atoms with Crippen molar-refractivity contribution in [2.45, 2.75) is 38.0 Å². The molecule has 1 saturated heterocycles. The van der Waals surface area contributed by atoms with Gasteiger partial charge in [0.05, 0.1) is 13.2 Å². The summed E-state index contributed by atoms with van der Waals surface area (Å²) in [7, 11) is 0. The lowest BCUT2D eigenvalue weighted by atomic mass is 9.82. The molecule has 2 fully saturated rings. The molecule has 3 nitrogen and oxygen atoms in total. The van der Waals surface area contributed by atoms with Gasteiger partial charge in [-0.2, -0.15) is 0 Å². The maximum atomic E-state index is 5.92. The van der Waals surface area contributed by atoms with E-state index >= 15 is 0 Å². The summed E-state index contributed by atoms with van der Waals surface area (Å²) in [6.07, 6.45) is 2.97. The Labute approximate surface area is 73.2 Å². The normalized spacial score (nSPS) is 40.5. The summed E-state index contributed by atoms with van der Waals surface area (Å²) >= 11 is 0. The van der Waals surface area contributed by atoms with E-state index in [1.54, 1.807) is 0 Å². The number of nitrogens with two attached hydrogens (primary N) is 1. The molecule has 70 valence electrons. The molecule has 0 amide bonds. The largest absolute Gasteiger partial charge is 0.348 e. The second kappa shape index (κ2) is 2.98. The minimum atomic E-state index is -0.255. The lowest BCUT2D eigenvalue weighted by molar-refractivity contribution is -0.187. The van der Waals surface area contributed by atoms with Crippen molar-refractivity contribution in [2.24, 2.45) is 11.7 Å². The van der Waals surface area contributed by atoms with Crippen molar-refractivity contribution in [3.05, 3.63) is 0 Å². The van der Waals surface area contributed by atoms with Gasteiger partial charge in [0.25, 0.3) is 0 Å². The molecule has 2 atom stereocenters. The van der Waals surface area contributed by atoms with Crippen LogP contribution in [0.2, 0.25) is 0 Å². The summed E-state index contributed by atoms with van der Waals surface area (Å²) in [6, 6.07) is 0.337. The van der Waals surface area contributed by atoms with Crippen LogP contribution in [0.3, 0.4) is 0 Å². The number of hydrogen-bond donors (Lipinski definition) is 1. The first-order chi connectivity index (χ1) is 5.72. The maximum absolute atomic E-state index is 5.92. The molecule has 2 rings (SSSR count).